The molecule has 2 saturated heterocycles. The molecule has 3 rings (SSSR count). The zero-order chi connectivity index (χ0) is 15.0. The molecule has 2 fully saturated rings. The molecule has 0 bridgehead atoms. The molecule has 2 aliphatic rings. The molecule has 0 amide bonds. The minimum absolute atomic E-state index is 0.211. The summed E-state index contributed by atoms with van der Waals surface area (Å²) in [4.78, 5) is 2.54. The van der Waals surface area contributed by atoms with Gasteiger partial charge in [0.2, 0.25) is 10.0 Å². The van der Waals surface area contributed by atoms with Crippen LogP contribution in [-0.4, -0.2) is 62.9 Å². The third-order valence-corrected chi connectivity index (χ3v) is 6.24. The summed E-state index contributed by atoms with van der Waals surface area (Å²) in [6, 6.07) is 4.13. The van der Waals surface area contributed by atoms with Crippen LogP contribution < -0.4 is 5.32 Å². The quantitative estimate of drug-likeness (QED) is 0.878. The largest absolute Gasteiger partial charge is 0.314 e. The van der Waals surface area contributed by atoms with E-state index in [0.29, 0.717) is 24.7 Å². The second kappa shape index (κ2) is 5.64. The molecule has 116 valence electrons. The average molecular weight is 313 g/mol. The van der Waals surface area contributed by atoms with Crippen molar-refractivity contribution >= 4 is 10.0 Å². The Balaban J connectivity index is 1.70. The summed E-state index contributed by atoms with van der Waals surface area (Å²) in [6.07, 6.45) is 0. The first kappa shape index (κ1) is 14.9. The van der Waals surface area contributed by atoms with Gasteiger partial charge in [0.1, 0.15) is 5.82 Å². The van der Waals surface area contributed by atoms with Gasteiger partial charge >= 0.3 is 0 Å². The highest BCUT2D eigenvalue weighted by molar-refractivity contribution is 7.89. The summed E-state index contributed by atoms with van der Waals surface area (Å²) in [5.74, 6) is -0.409. The zero-order valence-electron chi connectivity index (χ0n) is 12.0. The van der Waals surface area contributed by atoms with E-state index in [0.717, 1.165) is 26.2 Å². The maximum atomic E-state index is 13.1. The van der Waals surface area contributed by atoms with Crippen LogP contribution >= 0.6 is 0 Å². The van der Waals surface area contributed by atoms with Crippen molar-refractivity contribution in [1.82, 2.24) is 14.5 Å². The maximum Gasteiger partial charge on any atom is 0.243 e. The summed E-state index contributed by atoms with van der Waals surface area (Å²) >= 11 is 0. The molecule has 2 aliphatic heterocycles. The molecule has 0 unspecified atom stereocenters. The van der Waals surface area contributed by atoms with Crippen LogP contribution in [0, 0.1) is 12.7 Å². The third-order valence-electron chi connectivity index (χ3n) is 4.25. The van der Waals surface area contributed by atoms with Crippen molar-refractivity contribution in [2.75, 3.05) is 39.3 Å². The number of benzene rings is 1. The first-order valence-corrected chi connectivity index (χ1v) is 8.63. The molecule has 21 heavy (non-hydrogen) atoms. The summed E-state index contributed by atoms with van der Waals surface area (Å²) in [5.41, 5.74) is 0.459. The van der Waals surface area contributed by atoms with Crippen molar-refractivity contribution < 1.29 is 12.8 Å². The lowest BCUT2D eigenvalue weighted by Crippen LogP contribution is -2.63. The van der Waals surface area contributed by atoms with E-state index in [9.17, 15) is 12.8 Å². The topological polar surface area (TPSA) is 52.7 Å². The minimum atomic E-state index is -3.50. The van der Waals surface area contributed by atoms with E-state index in [2.05, 4.69) is 10.2 Å². The number of aryl methyl sites for hydroxylation is 1. The van der Waals surface area contributed by atoms with Crippen molar-refractivity contribution in [1.29, 1.82) is 0 Å². The maximum absolute atomic E-state index is 13.1. The van der Waals surface area contributed by atoms with Crippen LogP contribution in [0.5, 0.6) is 0 Å². The standard InChI is InChI=1S/C14H20FN3O2S/c1-11-8-12(15)2-3-14(11)21(19,20)18-9-13(10-18)17-6-4-16-5-7-17/h2-3,8,13,16H,4-7,9-10H2,1H3. The van der Waals surface area contributed by atoms with Crippen LogP contribution in [0.1, 0.15) is 5.56 Å². The lowest BCUT2D eigenvalue weighted by Gasteiger charge is -2.45. The molecule has 0 aliphatic carbocycles. The Bertz CT molecular complexity index is 623. The first-order chi connectivity index (χ1) is 9.98. The molecule has 2 heterocycles. The Morgan fingerprint density at radius 3 is 2.52 bits per heavy atom. The molecule has 5 nitrogen and oxygen atoms in total. The number of hydrogen-bond donors (Lipinski definition) is 1. The van der Waals surface area contributed by atoms with E-state index in [-0.39, 0.29) is 4.90 Å². The molecule has 0 spiro atoms. The summed E-state index contributed by atoms with van der Waals surface area (Å²) < 4.78 is 39.7. The van der Waals surface area contributed by atoms with Crippen molar-refractivity contribution in [2.24, 2.45) is 0 Å². The van der Waals surface area contributed by atoms with Gasteiger partial charge in [-0.2, -0.15) is 4.31 Å². The Morgan fingerprint density at radius 1 is 1.24 bits per heavy atom. The van der Waals surface area contributed by atoms with Crippen LogP contribution in [-0.2, 0) is 10.0 Å². The van der Waals surface area contributed by atoms with Crippen LogP contribution in [0.25, 0.3) is 0 Å². The van der Waals surface area contributed by atoms with E-state index >= 15 is 0 Å². The lowest BCUT2D eigenvalue weighted by atomic mass is 10.1. The molecular weight excluding hydrogens is 293 g/mol. The Morgan fingerprint density at radius 2 is 1.90 bits per heavy atom. The molecule has 1 aromatic rings. The Kier molecular flexibility index (Phi) is 4.00. The van der Waals surface area contributed by atoms with E-state index in [1.807, 2.05) is 0 Å². The highest BCUT2D eigenvalue weighted by Crippen LogP contribution is 2.26. The molecule has 0 saturated carbocycles. The first-order valence-electron chi connectivity index (χ1n) is 7.19. The van der Waals surface area contributed by atoms with Crippen LogP contribution in [0.15, 0.2) is 23.1 Å². The zero-order valence-corrected chi connectivity index (χ0v) is 12.9. The smallest absolute Gasteiger partial charge is 0.243 e. The number of hydrogen-bond acceptors (Lipinski definition) is 4. The van der Waals surface area contributed by atoms with Gasteiger partial charge in [-0.05, 0) is 30.7 Å². The van der Waals surface area contributed by atoms with Gasteiger partial charge in [-0.25, -0.2) is 12.8 Å². The van der Waals surface area contributed by atoms with E-state index in [1.54, 1.807) is 6.92 Å². The number of nitrogens with one attached hydrogen (secondary N) is 1. The summed E-state index contributed by atoms with van der Waals surface area (Å²) in [6.45, 7) is 6.53. The van der Waals surface area contributed by atoms with Crippen LogP contribution in [0.4, 0.5) is 4.39 Å². The number of piperazine rings is 1. The molecule has 7 heteroatoms. The van der Waals surface area contributed by atoms with E-state index in [4.69, 9.17) is 0 Å². The van der Waals surface area contributed by atoms with Gasteiger partial charge in [-0.3, -0.25) is 4.90 Å². The monoisotopic (exact) mass is 313 g/mol. The normalized spacial score (nSPS) is 22.2. The van der Waals surface area contributed by atoms with E-state index in [1.165, 1.54) is 22.5 Å². The lowest BCUT2D eigenvalue weighted by molar-refractivity contribution is 0.0773. The number of nitrogens with zero attached hydrogens (tertiary/aromatic N) is 2. The van der Waals surface area contributed by atoms with Gasteiger partial charge < -0.3 is 5.32 Å². The van der Waals surface area contributed by atoms with Gasteiger partial charge in [-0.15, -0.1) is 0 Å². The summed E-state index contributed by atoms with van der Waals surface area (Å²) in [5, 5.41) is 3.29. The minimum Gasteiger partial charge on any atom is -0.314 e. The van der Waals surface area contributed by atoms with Crippen molar-refractivity contribution in [2.45, 2.75) is 17.9 Å². The second-order valence-electron chi connectivity index (χ2n) is 5.67. The van der Waals surface area contributed by atoms with Gasteiger partial charge in [-0.1, -0.05) is 0 Å². The van der Waals surface area contributed by atoms with Gasteiger partial charge in [0.15, 0.2) is 0 Å². The molecule has 0 aromatic heterocycles. The fourth-order valence-corrected chi connectivity index (χ4v) is 4.65. The fourth-order valence-electron chi connectivity index (χ4n) is 2.93. The molecular formula is C14H20FN3O2S. The molecule has 1 aromatic carbocycles. The molecule has 0 atom stereocenters. The Hall–Kier alpha value is -1.02. The van der Waals surface area contributed by atoms with Gasteiger partial charge in [0, 0.05) is 45.3 Å². The molecule has 1 N–H and O–H groups in total. The fraction of sp³-hybridized carbons (Fsp3) is 0.571. The highest BCUT2D eigenvalue weighted by Gasteiger charge is 2.40. The number of rotatable bonds is 3. The average Bonchev–Trinajstić information content (AvgIpc) is 2.37. The third kappa shape index (κ3) is 2.83. The highest BCUT2D eigenvalue weighted by atomic mass is 32.2. The van der Waals surface area contributed by atoms with Crippen molar-refractivity contribution in [3.63, 3.8) is 0 Å². The van der Waals surface area contributed by atoms with Gasteiger partial charge in [0.25, 0.3) is 0 Å². The van der Waals surface area contributed by atoms with Crippen LogP contribution in [0.2, 0.25) is 0 Å². The summed E-state index contributed by atoms with van der Waals surface area (Å²) in [7, 11) is -3.50. The van der Waals surface area contributed by atoms with E-state index < -0.39 is 15.8 Å². The predicted molar refractivity (Wildman–Crippen MR) is 78.1 cm³/mol. The second-order valence-corrected chi connectivity index (χ2v) is 7.58. The Labute approximate surface area is 124 Å². The molecule has 0 radical (unpaired) electrons. The van der Waals surface area contributed by atoms with Crippen molar-refractivity contribution in [3.8, 4) is 0 Å². The predicted octanol–water partition coefficient (Wildman–Crippen LogP) is 0.412. The van der Waals surface area contributed by atoms with Crippen molar-refractivity contribution in [3.05, 3.63) is 29.6 Å². The van der Waals surface area contributed by atoms with Crippen LogP contribution in [0.3, 0.4) is 0 Å². The number of halogens is 1. The SMILES string of the molecule is Cc1cc(F)ccc1S(=O)(=O)N1CC(N2CCNCC2)C1. The van der Waals surface area contributed by atoms with Gasteiger partial charge in [0.05, 0.1) is 4.90 Å². The number of sulfonamides is 1.